The minimum Gasteiger partial charge on any atom is -0.487 e. The van der Waals surface area contributed by atoms with Crippen molar-refractivity contribution in [3.8, 4) is 5.75 Å². The highest BCUT2D eigenvalue weighted by Gasteiger charge is 2.39. The Balaban J connectivity index is 2.55. The van der Waals surface area contributed by atoms with E-state index in [9.17, 15) is 8.42 Å². The van der Waals surface area contributed by atoms with E-state index in [1.807, 2.05) is 32.9 Å². The fourth-order valence-electron chi connectivity index (χ4n) is 2.87. The lowest BCUT2D eigenvalue weighted by molar-refractivity contribution is 0.0512. The molecule has 1 atom stereocenters. The van der Waals surface area contributed by atoms with Crippen molar-refractivity contribution in [2.24, 2.45) is 0 Å². The first-order valence-electron chi connectivity index (χ1n) is 7.28. The van der Waals surface area contributed by atoms with Gasteiger partial charge in [-0.2, -0.15) is 4.31 Å². The van der Waals surface area contributed by atoms with Gasteiger partial charge in [-0.25, -0.2) is 8.42 Å². The zero-order chi connectivity index (χ0) is 15.8. The lowest BCUT2D eigenvalue weighted by Crippen LogP contribution is -2.44. The summed E-state index contributed by atoms with van der Waals surface area (Å²) in [5.74, 6) is 0.811. The predicted molar refractivity (Wildman–Crippen MR) is 84.8 cm³/mol. The standard InChI is InChI=1S/C15H24N2O3S/c1-5-17(21(18,19)6-2)13-10-15(3,4)20-14-8-7-11(16)9-12(13)14/h7-9,13H,5-6,10,16H2,1-4H3. The molecule has 0 saturated heterocycles. The molecule has 1 aromatic rings. The summed E-state index contributed by atoms with van der Waals surface area (Å²) in [6.07, 6.45) is 0.608. The summed E-state index contributed by atoms with van der Waals surface area (Å²) >= 11 is 0. The molecule has 0 radical (unpaired) electrons. The first kappa shape index (κ1) is 16.1. The van der Waals surface area contributed by atoms with Crippen LogP contribution in [0.5, 0.6) is 5.75 Å². The monoisotopic (exact) mass is 312 g/mol. The molecule has 6 heteroatoms. The third kappa shape index (κ3) is 3.16. The minimum atomic E-state index is -3.28. The number of anilines is 1. The molecule has 21 heavy (non-hydrogen) atoms. The molecule has 1 aliphatic rings. The second kappa shape index (κ2) is 5.50. The summed E-state index contributed by atoms with van der Waals surface area (Å²) in [7, 11) is -3.28. The van der Waals surface area contributed by atoms with Crippen molar-refractivity contribution in [1.29, 1.82) is 0 Å². The molecule has 0 aromatic heterocycles. The summed E-state index contributed by atoms with van der Waals surface area (Å²) in [5.41, 5.74) is 6.93. The lowest BCUT2D eigenvalue weighted by atomic mass is 9.89. The number of rotatable bonds is 4. The van der Waals surface area contributed by atoms with Gasteiger partial charge in [0.25, 0.3) is 0 Å². The average molecular weight is 312 g/mol. The van der Waals surface area contributed by atoms with Crippen LogP contribution in [0.4, 0.5) is 5.69 Å². The number of nitrogens with zero attached hydrogens (tertiary/aromatic N) is 1. The van der Waals surface area contributed by atoms with Crippen molar-refractivity contribution in [3.63, 3.8) is 0 Å². The first-order valence-corrected chi connectivity index (χ1v) is 8.89. The molecule has 1 unspecified atom stereocenters. The highest BCUT2D eigenvalue weighted by molar-refractivity contribution is 7.89. The van der Waals surface area contributed by atoms with Gasteiger partial charge >= 0.3 is 0 Å². The molecule has 1 aromatic carbocycles. The zero-order valence-electron chi connectivity index (χ0n) is 13.1. The van der Waals surface area contributed by atoms with Gasteiger partial charge in [-0.05, 0) is 39.0 Å². The van der Waals surface area contributed by atoms with Crippen LogP contribution in [0.15, 0.2) is 18.2 Å². The third-order valence-electron chi connectivity index (χ3n) is 3.85. The molecule has 2 N–H and O–H groups in total. The molecule has 0 spiro atoms. The molecule has 0 saturated carbocycles. The molecule has 0 amide bonds. The van der Waals surface area contributed by atoms with Crippen molar-refractivity contribution in [2.75, 3.05) is 18.0 Å². The van der Waals surface area contributed by atoms with Crippen molar-refractivity contribution < 1.29 is 13.2 Å². The number of fused-ring (bicyclic) bond motifs is 1. The van der Waals surface area contributed by atoms with Gasteiger partial charge in [0.1, 0.15) is 11.4 Å². The summed E-state index contributed by atoms with van der Waals surface area (Å²) in [4.78, 5) is 0. The largest absolute Gasteiger partial charge is 0.487 e. The Morgan fingerprint density at radius 2 is 2.05 bits per heavy atom. The first-order chi connectivity index (χ1) is 9.70. The Hall–Kier alpha value is -1.27. The molecular weight excluding hydrogens is 288 g/mol. The Morgan fingerprint density at radius 3 is 2.62 bits per heavy atom. The van der Waals surface area contributed by atoms with Crippen LogP contribution in [-0.4, -0.2) is 30.6 Å². The SMILES string of the molecule is CCN(C1CC(C)(C)Oc2ccc(N)cc21)S(=O)(=O)CC. The Kier molecular flexibility index (Phi) is 4.22. The molecule has 1 heterocycles. The fraction of sp³-hybridized carbons (Fsp3) is 0.600. The summed E-state index contributed by atoms with van der Waals surface area (Å²) in [6.45, 7) is 7.92. The van der Waals surface area contributed by atoms with Crippen LogP contribution in [0.25, 0.3) is 0 Å². The number of ether oxygens (including phenoxy) is 1. The maximum Gasteiger partial charge on any atom is 0.214 e. The molecule has 0 fully saturated rings. The van der Waals surface area contributed by atoms with Crippen LogP contribution in [0, 0.1) is 0 Å². The van der Waals surface area contributed by atoms with Crippen molar-refractivity contribution in [1.82, 2.24) is 4.31 Å². The van der Waals surface area contributed by atoms with E-state index in [1.54, 1.807) is 17.3 Å². The second-order valence-electron chi connectivity index (χ2n) is 5.98. The smallest absolute Gasteiger partial charge is 0.214 e. The van der Waals surface area contributed by atoms with Crippen molar-refractivity contribution in [3.05, 3.63) is 23.8 Å². The molecular formula is C15H24N2O3S. The minimum absolute atomic E-state index is 0.0935. The molecule has 0 aliphatic carbocycles. The van der Waals surface area contributed by atoms with E-state index in [2.05, 4.69) is 0 Å². The quantitative estimate of drug-likeness (QED) is 0.867. The zero-order valence-corrected chi connectivity index (χ0v) is 13.9. The summed E-state index contributed by atoms with van der Waals surface area (Å²) < 4.78 is 32.3. The average Bonchev–Trinajstić information content (AvgIpc) is 2.39. The number of nitrogens with two attached hydrogens (primary N) is 1. The van der Waals surface area contributed by atoms with Gasteiger partial charge in [0.15, 0.2) is 0 Å². The summed E-state index contributed by atoms with van der Waals surface area (Å²) in [5, 5.41) is 0. The van der Waals surface area contributed by atoms with E-state index in [-0.39, 0.29) is 11.8 Å². The Labute approximate surface area is 127 Å². The molecule has 0 bridgehead atoms. The van der Waals surface area contributed by atoms with Gasteiger partial charge in [-0.3, -0.25) is 0 Å². The molecule has 118 valence electrons. The highest BCUT2D eigenvalue weighted by Crippen LogP contribution is 2.44. The van der Waals surface area contributed by atoms with E-state index in [0.717, 1.165) is 11.3 Å². The van der Waals surface area contributed by atoms with Crippen molar-refractivity contribution in [2.45, 2.75) is 45.8 Å². The second-order valence-corrected chi connectivity index (χ2v) is 8.19. The Bertz CT molecular complexity index is 626. The van der Waals surface area contributed by atoms with E-state index in [1.165, 1.54) is 0 Å². The molecule has 1 aliphatic heterocycles. The lowest BCUT2D eigenvalue weighted by Gasteiger charge is -2.41. The summed E-state index contributed by atoms with van der Waals surface area (Å²) in [6, 6.07) is 5.19. The normalized spacial score (nSPS) is 20.9. The van der Waals surface area contributed by atoms with Crippen LogP contribution in [0.1, 0.15) is 45.7 Å². The molecule has 2 rings (SSSR count). The topological polar surface area (TPSA) is 72.6 Å². The number of hydrogen-bond donors (Lipinski definition) is 1. The maximum absolute atomic E-state index is 12.4. The highest BCUT2D eigenvalue weighted by atomic mass is 32.2. The van der Waals surface area contributed by atoms with Crippen LogP contribution in [0.2, 0.25) is 0 Å². The number of hydrogen-bond acceptors (Lipinski definition) is 4. The number of nitrogen functional groups attached to an aromatic ring is 1. The van der Waals surface area contributed by atoms with Gasteiger partial charge in [0.2, 0.25) is 10.0 Å². The van der Waals surface area contributed by atoms with Crippen LogP contribution >= 0.6 is 0 Å². The van der Waals surface area contributed by atoms with Crippen LogP contribution in [-0.2, 0) is 10.0 Å². The van der Waals surface area contributed by atoms with Crippen LogP contribution < -0.4 is 10.5 Å². The number of benzene rings is 1. The molecule has 5 nitrogen and oxygen atoms in total. The van der Waals surface area contributed by atoms with E-state index < -0.39 is 15.6 Å². The van der Waals surface area contributed by atoms with Gasteiger partial charge in [0, 0.05) is 24.2 Å². The van der Waals surface area contributed by atoms with Gasteiger partial charge in [-0.1, -0.05) is 6.92 Å². The van der Waals surface area contributed by atoms with Gasteiger partial charge in [-0.15, -0.1) is 0 Å². The van der Waals surface area contributed by atoms with E-state index in [0.29, 0.717) is 18.7 Å². The van der Waals surface area contributed by atoms with E-state index >= 15 is 0 Å². The van der Waals surface area contributed by atoms with E-state index in [4.69, 9.17) is 10.5 Å². The van der Waals surface area contributed by atoms with Crippen LogP contribution in [0.3, 0.4) is 0 Å². The number of sulfonamides is 1. The van der Waals surface area contributed by atoms with Gasteiger partial charge < -0.3 is 10.5 Å². The van der Waals surface area contributed by atoms with Crippen molar-refractivity contribution >= 4 is 15.7 Å². The Morgan fingerprint density at radius 1 is 1.38 bits per heavy atom. The predicted octanol–water partition coefficient (Wildman–Crippen LogP) is 2.54. The third-order valence-corrected chi connectivity index (χ3v) is 5.80. The van der Waals surface area contributed by atoms with Gasteiger partial charge in [0.05, 0.1) is 11.8 Å². The fourth-order valence-corrected chi connectivity index (χ4v) is 4.17. The maximum atomic E-state index is 12.4.